The number of carbonyl (C=O) groups is 1. The Morgan fingerprint density at radius 1 is 1.28 bits per heavy atom. The quantitative estimate of drug-likeness (QED) is 0.552. The third kappa shape index (κ3) is 4.01. The number of aromatic nitrogens is 2. The number of aromatic amines is 1. The van der Waals surface area contributed by atoms with Crippen LogP contribution in [0.5, 0.6) is 5.75 Å². The van der Waals surface area contributed by atoms with E-state index in [9.17, 15) is 18.8 Å². The van der Waals surface area contributed by atoms with E-state index in [1.54, 1.807) is 37.5 Å². The van der Waals surface area contributed by atoms with Gasteiger partial charge in [-0.1, -0.05) is 0 Å². The molecule has 1 fully saturated rings. The Labute approximate surface area is 183 Å². The Morgan fingerprint density at radius 2 is 2.03 bits per heavy atom. The van der Waals surface area contributed by atoms with Gasteiger partial charge in [0.25, 0.3) is 11.8 Å². The number of hydrogen-bond acceptors (Lipinski definition) is 6. The second-order valence-corrected chi connectivity index (χ2v) is 7.53. The van der Waals surface area contributed by atoms with Crippen molar-refractivity contribution < 1.29 is 18.3 Å². The van der Waals surface area contributed by atoms with Gasteiger partial charge in [-0.2, -0.15) is 5.26 Å². The molecule has 1 amide bonds. The zero-order chi connectivity index (χ0) is 22.9. The zero-order valence-electron chi connectivity index (χ0n) is 17.6. The van der Waals surface area contributed by atoms with Crippen molar-refractivity contribution >= 4 is 34.1 Å². The van der Waals surface area contributed by atoms with Crippen LogP contribution in [0, 0.1) is 11.3 Å². The SMILES string of the molecule is CNc1cc(Nc2ccc(C(=O)N3CCC(F)(F)CC3)cc2OC)nc2[nH]cc(C#N)c12. The van der Waals surface area contributed by atoms with Crippen LogP contribution in [0.25, 0.3) is 11.0 Å². The fourth-order valence-electron chi connectivity index (χ4n) is 3.77. The molecule has 4 rings (SSSR count). The minimum absolute atomic E-state index is 0.0196. The summed E-state index contributed by atoms with van der Waals surface area (Å²) in [5.41, 5.74) is 2.70. The molecule has 2 aromatic heterocycles. The van der Waals surface area contributed by atoms with Crippen molar-refractivity contribution in [3.8, 4) is 11.8 Å². The maximum atomic E-state index is 13.4. The molecule has 0 unspecified atom stereocenters. The first-order valence-corrected chi connectivity index (χ1v) is 10.1. The molecular formula is C22H22F2N6O2. The smallest absolute Gasteiger partial charge is 0.253 e. The molecule has 32 heavy (non-hydrogen) atoms. The number of nitriles is 1. The average Bonchev–Trinajstić information content (AvgIpc) is 3.21. The van der Waals surface area contributed by atoms with Crippen molar-refractivity contribution in [3.63, 3.8) is 0 Å². The summed E-state index contributed by atoms with van der Waals surface area (Å²) in [5.74, 6) is -2.10. The fourth-order valence-corrected chi connectivity index (χ4v) is 3.77. The van der Waals surface area contributed by atoms with E-state index in [1.807, 2.05) is 0 Å². The molecule has 1 aliphatic heterocycles. The van der Waals surface area contributed by atoms with Crippen LogP contribution in [0.4, 0.5) is 26.0 Å². The van der Waals surface area contributed by atoms with E-state index in [4.69, 9.17) is 4.74 Å². The van der Waals surface area contributed by atoms with Gasteiger partial charge in [0.1, 0.15) is 23.3 Å². The normalized spacial score (nSPS) is 15.3. The highest BCUT2D eigenvalue weighted by Crippen LogP contribution is 2.33. The lowest BCUT2D eigenvalue weighted by molar-refractivity contribution is -0.0494. The molecule has 3 heterocycles. The van der Waals surface area contributed by atoms with Crippen LogP contribution in [0.3, 0.4) is 0 Å². The highest BCUT2D eigenvalue weighted by molar-refractivity contribution is 5.97. The third-order valence-electron chi connectivity index (χ3n) is 5.53. The number of methoxy groups -OCH3 is 1. The summed E-state index contributed by atoms with van der Waals surface area (Å²) in [7, 11) is 3.24. The highest BCUT2D eigenvalue weighted by Gasteiger charge is 2.35. The molecule has 0 saturated carbocycles. The number of hydrogen-bond donors (Lipinski definition) is 3. The van der Waals surface area contributed by atoms with E-state index >= 15 is 0 Å². The van der Waals surface area contributed by atoms with Gasteiger partial charge in [-0.3, -0.25) is 4.79 Å². The number of pyridine rings is 1. The van der Waals surface area contributed by atoms with Crippen LogP contribution < -0.4 is 15.4 Å². The number of fused-ring (bicyclic) bond motifs is 1. The lowest BCUT2D eigenvalue weighted by Crippen LogP contribution is -2.42. The largest absolute Gasteiger partial charge is 0.495 e. The monoisotopic (exact) mass is 440 g/mol. The van der Waals surface area contributed by atoms with Crippen LogP contribution in [0.1, 0.15) is 28.8 Å². The summed E-state index contributed by atoms with van der Waals surface area (Å²) in [6.45, 7) is 0.0391. The molecule has 1 aliphatic rings. The number of nitrogens with zero attached hydrogens (tertiary/aromatic N) is 3. The Balaban J connectivity index is 1.59. The molecular weight excluding hydrogens is 418 g/mol. The Bertz CT molecular complexity index is 1210. The summed E-state index contributed by atoms with van der Waals surface area (Å²) < 4.78 is 32.2. The Morgan fingerprint density at radius 3 is 2.69 bits per heavy atom. The van der Waals surface area contributed by atoms with Crippen LogP contribution in [0.2, 0.25) is 0 Å². The zero-order valence-corrected chi connectivity index (χ0v) is 17.6. The molecule has 0 bridgehead atoms. The van der Waals surface area contributed by atoms with Crippen molar-refractivity contribution in [1.29, 1.82) is 5.26 Å². The van der Waals surface area contributed by atoms with Crippen molar-refractivity contribution in [3.05, 3.63) is 41.6 Å². The number of likely N-dealkylation sites (tertiary alicyclic amines) is 1. The Kier molecular flexibility index (Phi) is 5.57. The maximum Gasteiger partial charge on any atom is 0.253 e. The van der Waals surface area contributed by atoms with Crippen LogP contribution >= 0.6 is 0 Å². The molecule has 0 atom stereocenters. The lowest BCUT2D eigenvalue weighted by Gasteiger charge is -2.31. The summed E-state index contributed by atoms with van der Waals surface area (Å²) in [4.78, 5) is 21.7. The number of carbonyl (C=O) groups excluding carboxylic acids is 1. The summed E-state index contributed by atoms with van der Waals surface area (Å²) in [6, 6.07) is 8.79. The molecule has 3 aromatic rings. The van der Waals surface area contributed by atoms with E-state index in [2.05, 4.69) is 26.7 Å². The van der Waals surface area contributed by atoms with Gasteiger partial charge in [-0.15, -0.1) is 0 Å². The van der Waals surface area contributed by atoms with Crippen molar-refractivity contribution in [2.75, 3.05) is 37.9 Å². The molecule has 166 valence electrons. The van der Waals surface area contributed by atoms with Crippen LogP contribution in [0.15, 0.2) is 30.5 Å². The number of halogens is 2. The van der Waals surface area contributed by atoms with E-state index in [-0.39, 0.29) is 31.8 Å². The standard InChI is InChI=1S/C22H22F2N6O2/c1-26-16-10-18(29-20-19(16)14(11-25)12-27-20)28-15-4-3-13(9-17(15)32-2)21(31)30-7-5-22(23,24)6-8-30/h3-4,9-10,12H,5-8H2,1-2H3,(H3,26,27,28,29). The Hall–Kier alpha value is -3.87. The van der Waals surface area contributed by atoms with Gasteiger partial charge in [-0.25, -0.2) is 13.8 Å². The minimum Gasteiger partial charge on any atom is -0.495 e. The lowest BCUT2D eigenvalue weighted by atomic mass is 10.1. The van der Waals surface area contributed by atoms with Gasteiger partial charge < -0.3 is 25.3 Å². The van der Waals surface area contributed by atoms with Gasteiger partial charge in [0.2, 0.25) is 0 Å². The van der Waals surface area contributed by atoms with Crippen molar-refractivity contribution in [2.24, 2.45) is 0 Å². The molecule has 0 spiro atoms. The van der Waals surface area contributed by atoms with E-state index in [0.29, 0.717) is 39.4 Å². The second-order valence-electron chi connectivity index (χ2n) is 7.53. The number of anilines is 3. The maximum absolute atomic E-state index is 13.4. The number of amides is 1. The second kappa shape index (κ2) is 8.34. The summed E-state index contributed by atoms with van der Waals surface area (Å²) >= 11 is 0. The first-order chi connectivity index (χ1) is 15.3. The topological polar surface area (TPSA) is 106 Å². The minimum atomic E-state index is -2.71. The van der Waals surface area contributed by atoms with Crippen molar-refractivity contribution in [2.45, 2.75) is 18.8 Å². The molecule has 0 radical (unpaired) electrons. The number of alkyl halides is 2. The predicted octanol–water partition coefficient (Wildman–Crippen LogP) is 4.10. The van der Waals surface area contributed by atoms with E-state index in [1.165, 1.54) is 12.0 Å². The average molecular weight is 440 g/mol. The number of rotatable bonds is 5. The van der Waals surface area contributed by atoms with Crippen LogP contribution in [-0.4, -0.2) is 53.9 Å². The summed E-state index contributed by atoms with van der Waals surface area (Å²) in [5, 5.41) is 16.2. The molecule has 1 aromatic carbocycles. The van der Waals surface area contributed by atoms with Gasteiger partial charge in [-0.05, 0) is 18.2 Å². The molecule has 0 aliphatic carbocycles. The molecule has 3 N–H and O–H groups in total. The summed E-state index contributed by atoms with van der Waals surface area (Å²) in [6.07, 6.45) is 0.938. The molecule has 10 heteroatoms. The number of piperidine rings is 1. The van der Waals surface area contributed by atoms with Gasteiger partial charge in [0.15, 0.2) is 0 Å². The third-order valence-corrected chi connectivity index (χ3v) is 5.53. The van der Waals surface area contributed by atoms with Crippen molar-refractivity contribution in [1.82, 2.24) is 14.9 Å². The first-order valence-electron chi connectivity index (χ1n) is 10.1. The number of H-pyrrole nitrogens is 1. The predicted molar refractivity (Wildman–Crippen MR) is 117 cm³/mol. The van der Waals surface area contributed by atoms with Gasteiger partial charge in [0, 0.05) is 56.5 Å². The first kappa shape index (κ1) is 21.4. The van der Waals surface area contributed by atoms with E-state index in [0.717, 1.165) is 5.69 Å². The van der Waals surface area contributed by atoms with Gasteiger partial charge >= 0.3 is 0 Å². The highest BCUT2D eigenvalue weighted by atomic mass is 19.3. The van der Waals surface area contributed by atoms with E-state index < -0.39 is 5.92 Å². The molecule has 1 saturated heterocycles. The molecule has 8 nitrogen and oxygen atoms in total. The van der Waals surface area contributed by atoms with Gasteiger partial charge in [0.05, 0.1) is 23.7 Å². The number of ether oxygens (including phenoxy) is 1. The van der Waals surface area contributed by atoms with Crippen LogP contribution in [-0.2, 0) is 0 Å². The fraction of sp³-hybridized carbons (Fsp3) is 0.318. The number of benzene rings is 1. The number of nitrogens with one attached hydrogen (secondary N) is 3.